The van der Waals surface area contributed by atoms with E-state index in [9.17, 15) is 0 Å². The van der Waals surface area contributed by atoms with Crippen LogP contribution < -0.4 is 5.73 Å². The molecular formula is C14H18N2. The molecule has 2 N–H and O–H groups in total. The van der Waals surface area contributed by atoms with Crippen molar-refractivity contribution < 1.29 is 0 Å². The highest BCUT2D eigenvalue weighted by Crippen LogP contribution is 2.21. The molecule has 0 aliphatic heterocycles. The number of fused-ring (bicyclic) bond motifs is 1. The van der Waals surface area contributed by atoms with E-state index in [1.807, 2.05) is 18.2 Å². The Hall–Kier alpha value is -1.57. The number of pyridine rings is 1. The largest absolute Gasteiger partial charge is 0.384 e. The quantitative estimate of drug-likeness (QED) is 0.790. The summed E-state index contributed by atoms with van der Waals surface area (Å²) >= 11 is 0. The zero-order valence-corrected chi connectivity index (χ0v) is 9.74. The molecular weight excluding hydrogens is 196 g/mol. The lowest BCUT2D eigenvalue weighted by Gasteiger charge is -2.07. The van der Waals surface area contributed by atoms with Crippen molar-refractivity contribution in [3.05, 3.63) is 35.9 Å². The molecule has 0 spiro atoms. The summed E-state index contributed by atoms with van der Waals surface area (Å²) < 4.78 is 0. The van der Waals surface area contributed by atoms with Gasteiger partial charge in [0.25, 0.3) is 0 Å². The van der Waals surface area contributed by atoms with Crippen molar-refractivity contribution in [2.45, 2.75) is 32.6 Å². The number of benzene rings is 1. The first kappa shape index (κ1) is 10.9. The second kappa shape index (κ2) is 4.97. The molecule has 2 heteroatoms. The van der Waals surface area contributed by atoms with Gasteiger partial charge in [-0.1, -0.05) is 38.0 Å². The van der Waals surface area contributed by atoms with E-state index in [4.69, 9.17) is 5.73 Å². The molecule has 1 aromatic heterocycles. The second-order valence-corrected chi connectivity index (χ2v) is 4.18. The molecule has 0 fully saturated rings. The first-order valence-electron chi connectivity index (χ1n) is 5.95. The Kier molecular flexibility index (Phi) is 3.40. The third-order valence-corrected chi connectivity index (χ3v) is 2.87. The monoisotopic (exact) mass is 214 g/mol. The van der Waals surface area contributed by atoms with Gasteiger partial charge in [0.15, 0.2) is 0 Å². The van der Waals surface area contributed by atoms with Gasteiger partial charge in [-0.2, -0.15) is 0 Å². The number of unbranched alkanes of at least 4 members (excludes halogenated alkanes) is 2. The summed E-state index contributed by atoms with van der Waals surface area (Å²) in [4.78, 5) is 4.34. The molecule has 2 aromatic rings. The van der Waals surface area contributed by atoms with Crippen LogP contribution in [-0.2, 0) is 6.42 Å². The number of aromatic nitrogens is 1. The highest BCUT2D eigenvalue weighted by molar-refractivity contribution is 5.83. The van der Waals surface area contributed by atoms with Gasteiger partial charge in [-0.15, -0.1) is 0 Å². The zero-order chi connectivity index (χ0) is 11.4. The maximum absolute atomic E-state index is 5.82. The van der Waals surface area contributed by atoms with Crippen LogP contribution in [0.5, 0.6) is 0 Å². The average Bonchev–Trinajstić information content (AvgIpc) is 2.29. The molecule has 2 rings (SSSR count). The first-order valence-corrected chi connectivity index (χ1v) is 5.95. The average molecular weight is 214 g/mol. The predicted molar refractivity (Wildman–Crippen MR) is 69.4 cm³/mol. The first-order chi connectivity index (χ1) is 7.81. The third-order valence-electron chi connectivity index (χ3n) is 2.87. The lowest BCUT2D eigenvalue weighted by atomic mass is 10.0. The van der Waals surface area contributed by atoms with Crippen LogP contribution in [0.1, 0.15) is 31.7 Å². The molecule has 2 nitrogen and oxygen atoms in total. The minimum Gasteiger partial charge on any atom is -0.384 e. The van der Waals surface area contributed by atoms with Gasteiger partial charge in [0.05, 0.1) is 5.52 Å². The SMILES string of the molecule is CCCCCc1cc(N)nc2ccccc12. The molecule has 0 amide bonds. The number of anilines is 1. The number of aryl methyl sites for hydroxylation is 1. The molecule has 0 atom stereocenters. The number of para-hydroxylation sites is 1. The van der Waals surface area contributed by atoms with Crippen LogP contribution >= 0.6 is 0 Å². The van der Waals surface area contributed by atoms with E-state index in [2.05, 4.69) is 24.0 Å². The van der Waals surface area contributed by atoms with Crippen LogP contribution in [0, 0.1) is 0 Å². The van der Waals surface area contributed by atoms with Crippen molar-refractivity contribution >= 4 is 16.7 Å². The number of hydrogen-bond donors (Lipinski definition) is 1. The van der Waals surface area contributed by atoms with Gasteiger partial charge in [-0.25, -0.2) is 4.98 Å². The Labute approximate surface area is 96.5 Å². The summed E-state index contributed by atoms with van der Waals surface area (Å²) in [6.45, 7) is 2.22. The summed E-state index contributed by atoms with van der Waals surface area (Å²) in [5.74, 6) is 0.630. The van der Waals surface area contributed by atoms with E-state index in [0.29, 0.717) is 5.82 Å². The van der Waals surface area contributed by atoms with Crippen molar-refractivity contribution in [2.24, 2.45) is 0 Å². The van der Waals surface area contributed by atoms with Gasteiger partial charge in [-0.3, -0.25) is 0 Å². The fourth-order valence-corrected chi connectivity index (χ4v) is 2.04. The number of nitrogen functional groups attached to an aromatic ring is 1. The van der Waals surface area contributed by atoms with Crippen molar-refractivity contribution in [3.8, 4) is 0 Å². The van der Waals surface area contributed by atoms with Crippen molar-refractivity contribution in [2.75, 3.05) is 5.73 Å². The van der Waals surface area contributed by atoms with Crippen molar-refractivity contribution in [1.29, 1.82) is 0 Å². The van der Waals surface area contributed by atoms with Crippen LogP contribution in [0.4, 0.5) is 5.82 Å². The summed E-state index contributed by atoms with van der Waals surface area (Å²) in [6.07, 6.45) is 4.85. The Balaban J connectivity index is 2.34. The summed E-state index contributed by atoms with van der Waals surface area (Å²) in [5.41, 5.74) is 8.16. The Morgan fingerprint density at radius 2 is 2.00 bits per heavy atom. The normalized spacial score (nSPS) is 10.8. The van der Waals surface area contributed by atoms with Crippen LogP contribution in [0.15, 0.2) is 30.3 Å². The van der Waals surface area contributed by atoms with Gasteiger partial charge in [0.2, 0.25) is 0 Å². The van der Waals surface area contributed by atoms with Gasteiger partial charge < -0.3 is 5.73 Å². The standard InChI is InChI=1S/C14H18N2/c1-2-3-4-7-11-10-14(15)16-13-9-6-5-8-12(11)13/h5-6,8-10H,2-4,7H2,1H3,(H2,15,16). The minimum absolute atomic E-state index is 0.630. The van der Waals surface area contributed by atoms with Crippen LogP contribution in [0.3, 0.4) is 0 Å². The lowest BCUT2D eigenvalue weighted by Crippen LogP contribution is -1.95. The van der Waals surface area contributed by atoms with Crippen molar-refractivity contribution in [3.63, 3.8) is 0 Å². The lowest BCUT2D eigenvalue weighted by molar-refractivity contribution is 0.719. The zero-order valence-electron chi connectivity index (χ0n) is 9.74. The third kappa shape index (κ3) is 2.32. The fourth-order valence-electron chi connectivity index (χ4n) is 2.04. The topological polar surface area (TPSA) is 38.9 Å². The minimum atomic E-state index is 0.630. The summed E-state index contributed by atoms with van der Waals surface area (Å²) in [7, 11) is 0. The molecule has 0 saturated carbocycles. The van der Waals surface area contributed by atoms with Crippen LogP contribution in [-0.4, -0.2) is 4.98 Å². The number of nitrogens with zero attached hydrogens (tertiary/aromatic N) is 1. The summed E-state index contributed by atoms with van der Waals surface area (Å²) in [6, 6.07) is 10.2. The van der Waals surface area contributed by atoms with Crippen LogP contribution in [0.2, 0.25) is 0 Å². The molecule has 1 heterocycles. The van der Waals surface area contributed by atoms with E-state index in [0.717, 1.165) is 11.9 Å². The fraction of sp³-hybridized carbons (Fsp3) is 0.357. The molecule has 0 bridgehead atoms. The van der Waals surface area contributed by atoms with E-state index >= 15 is 0 Å². The Bertz CT molecular complexity index is 477. The van der Waals surface area contributed by atoms with E-state index in [-0.39, 0.29) is 0 Å². The molecule has 0 aliphatic rings. The molecule has 0 unspecified atom stereocenters. The smallest absolute Gasteiger partial charge is 0.124 e. The number of nitrogens with two attached hydrogens (primary N) is 1. The molecule has 16 heavy (non-hydrogen) atoms. The second-order valence-electron chi connectivity index (χ2n) is 4.18. The molecule has 0 aliphatic carbocycles. The molecule has 84 valence electrons. The van der Waals surface area contributed by atoms with Gasteiger partial charge in [-0.05, 0) is 30.5 Å². The highest BCUT2D eigenvalue weighted by Gasteiger charge is 2.03. The van der Waals surface area contributed by atoms with Crippen molar-refractivity contribution in [1.82, 2.24) is 4.98 Å². The summed E-state index contributed by atoms with van der Waals surface area (Å²) in [5, 5.41) is 1.24. The molecule has 0 radical (unpaired) electrons. The predicted octanol–water partition coefficient (Wildman–Crippen LogP) is 3.55. The molecule has 1 aromatic carbocycles. The highest BCUT2D eigenvalue weighted by atomic mass is 14.8. The maximum atomic E-state index is 5.82. The Morgan fingerprint density at radius 3 is 2.81 bits per heavy atom. The van der Waals surface area contributed by atoms with E-state index in [1.165, 1.54) is 30.2 Å². The van der Waals surface area contributed by atoms with Crippen LogP contribution in [0.25, 0.3) is 10.9 Å². The number of rotatable bonds is 4. The maximum Gasteiger partial charge on any atom is 0.124 e. The van der Waals surface area contributed by atoms with Gasteiger partial charge >= 0.3 is 0 Å². The van der Waals surface area contributed by atoms with E-state index in [1.54, 1.807) is 0 Å². The van der Waals surface area contributed by atoms with E-state index < -0.39 is 0 Å². The van der Waals surface area contributed by atoms with Gasteiger partial charge in [0, 0.05) is 5.39 Å². The number of hydrogen-bond acceptors (Lipinski definition) is 2. The molecule has 0 saturated heterocycles. The Morgan fingerprint density at radius 1 is 1.19 bits per heavy atom. The van der Waals surface area contributed by atoms with Gasteiger partial charge in [0.1, 0.15) is 5.82 Å².